The van der Waals surface area contributed by atoms with Gasteiger partial charge in [0.2, 0.25) is 0 Å². The second-order valence-corrected chi connectivity index (χ2v) is 15.3. The number of aryl methyl sites for hydroxylation is 2. The molecule has 0 aliphatic heterocycles. The number of hydrogen-bond donors (Lipinski definition) is 0. The highest BCUT2D eigenvalue weighted by molar-refractivity contribution is 6.03. The van der Waals surface area contributed by atoms with E-state index in [1.807, 2.05) is 63.7 Å². The topological polar surface area (TPSA) is 94.5 Å². The molecule has 3 aromatic carbocycles. The fraction of sp³-hybridized carbons (Fsp3) is 0.149. The number of hydrogen-bond acceptors (Lipinski definition) is 6. The fourth-order valence-corrected chi connectivity index (χ4v) is 8.31. The van der Waals surface area contributed by atoms with Crippen LogP contribution < -0.4 is 11.1 Å². The van der Waals surface area contributed by atoms with E-state index >= 15 is 0 Å². The van der Waals surface area contributed by atoms with Gasteiger partial charge >= 0.3 is 0 Å². The third-order valence-electron chi connectivity index (χ3n) is 10.6. The number of rotatable bonds is 4. The summed E-state index contributed by atoms with van der Waals surface area (Å²) in [5.74, 6) is 0. The Morgan fingerprint density at radius 1 is 0.527 bits per heavy atom. The molecule has 0 spiro atoms. The van der Waals surface area contributed by atoms with E-state index < -0.39 is 0 Å². The Bertz CT molecular complexity index is 3160. The molecule has 0 bridgehead atoms. The van der Waals surface area contributed by atoms with E-state index in [0.717, 1.165) is 88.8 Å². The van der Waals surface area contributed by atoms with Crippen molar-refractivity contribution in [1.29, 1.82) is 0 Å². The minimum absolute atomic E-state index is 0.251. The molecule has 0 atom stereocenters. The number of pyridine rings is 4. The van der Waals surface area contributed by atoms with Crippen molar-refractivity contribution in [2.24, 2.45) is 0 Å². The number of fused-ring (bicyclic) bond motifs is 6. The van der Waals surface area contributed by atoms with E-state index in [1.165, 1.54) is 0 Å². The Morgan fingerprint density at radius 2 is 1.09 bits per heavy atom. The molecule has 8 nitrogen and oxygen atoms in total. The molecule has 55 heavy (non-hydrogen) atoms. The summed E-state index contributed by atoms with van der Waals surface area (Å²) in [5, 5.41) is 3.56. The molecule has 0 fully saturated rings. The molecule has 0 saturated carbocycles. The highest BCUT2D eigenvalue weighted by Gasteiger charge is 2.22. The van der Waals surface area contributed by atoms with Gasteiger partial charge in [-0.3, -0.25) is 19.6 Å². The van der Waals surface area contributed by atoms with Crippen LogP contribution in [0.2, 0.25) is 0 Å². The molecule has 0 aliphatic rings. The first-order valence-electron chi connectivity index (χ1n) is 18.4. The Kier molecular flexibility index (Phi) is 7.83. The summed E-state index contributed by atoms with van der Waals surface area (Å²) >= 11 is 0. The van der Waals surface area contributed by atoms with Gasteiger partial charge in [0, 0.05) is 86.3 Å². The minimum Gasteiger partial charge on any atom is -0.304 e. The summed E-state index contributed by atoms with van der Waals surface area (Å²) in [7, 11) is 0. The molecule has 0 N–H and O–H groups in total. The molecular weight excluding hydrogens is 681 g/mol. The van der Waals surface area contributed by atoms with Crippen molar-refractivity contribution in [3.05, 3.63) is 165 Å². The zero-order valence-corrected chi connectivity index (χ0v) is 31.5. The van der Waals surface area contributed by atoms with Crippen molar-refractivity contribution in [2.75, 3.05) is 0 Å². The zero-order valence-electron chi connectivity index (χ0n) is 31.5. The number of benzene rings is 3. The number of aromatic nitrogens is 6. The van der Waals surface area contributed by atoms with Crippen LogP contribution in [0.3, 0.4) is 0 Å². The van der Waals surface area contributed by atoms with Crippen molar-refractivity contribution in [2.45, 2.75) is 47.0 Å². The van der Waals surface area contributed by atoms with E-state index in [1.54, 1.807) is 24.5 Å². The first-order chi connectivity index (χ1) is 26.5. The van der Waals surface area contributed by atoms with Gasteiger partial charge in [-0.05, 0) is 78.9 Å². The van der Waals surface area contributed by atoms with Gasteiger partial charge in [-0.15, -0.1) is 0 Å². The summed E-state index contributed by atoms with van der Waals surface area (Å²) in [6.07, 6.45) is 7.55. The van der Waals surface area contributed by atoms with Crippen LogP contribution in [0.5, 0.6) is 0 Å². The van der Waals surface area contributed by atoms with Crippen molar-refractivity contribution in [3.63, 3.8) is 0 Å². The molecule has 6 heterocycles. The second-order valence-electron chi connectivity index (χ2n) is 15.3. The predicted octanol–water partition coefficient (Wildman–Crippen LogP) is 9.69. The van der Waals surface area contributed by atoms with Crippen LogP contribution in [0, 0.1) is 20.8 Å². The summed E-state index contributed by atoms with van der Waals surface area (Å²) in [6, 6.07) is 31.9. The first kappa shape index (κ1) is 34.0. The van der Waals surface area contributed by atoms with Gasteiger partial charge in [-0.25, -0.2) is 0 Å². The monoisotopic (exact) mass is 718 g/mol. The molecule has 9 rings (SSSR count). The Hall–Kier alpha value is -6.80. The molecule has 0 amide bonds. The molecule has 268 valence electrons. The van der Waals surface area contributed by atoms with Gasteiger partial charge in [-0.1, -0.05) is 75.4 Å². The highest BCUT2D eigenvalue weighted by Crippen LogP contribution is 2.40. The minimum atomic E-state index is -0.301. The maximum Gasteiger partial charge on any atom is 0.273 e. The second kappa shape index (κ2) is 12.7. The van der Waals surface area contributed by atoms with Gasteiger partial charge in [0.1, 0.15) is 11.3 Å². The SMILES string of the molecule is Cc1cc(C)c(-c2cc(=O)nc3c4ccnc(-c5ccccc5)c4ccn23)c(C)c1-c1cccc(-c2nccc3c2ccn2c(C(C)(C)C)cc(=O)nc32)c1. The van der Waals surface area contributed by atoms with Crippen LogP contribution in [0.1, 0.15) is 43.2 Å². The lowest BCUT2D eigenvalue weighted by Gasteiger charge is -2.22. The molecule has 0 unspecified atom stereocenters. The van der Waals surface area contributed by atoms with Crippen LogP contribution in [0.25, 0.3) is 77.7 Å². The molecule has 9 aromatic rings. The maximum atomic E-state index is 13.4. The maximum absolute atomic E-state index is 13.4. The van der Waals surface area contributed by atoms with Crippen LogP contribution in [-0.2, 0) is 5.41 Å². The van der Waals surface area contributed by atoms with E-state index in [-0.39, 0.29) is 16.5 Å². The first-order valence-corrected chi connectivity index (χ1v) is 18.4. The summed E-state index contributed by atoms with van der Waals surface area (Å²) < 4.78 is 4.04. The summed E-state index contributed by atoms with van der Waals surface area (Å²) in [6.45, 7) is 12.6. The van der Waals surface area contributed by atoms with Crippen LogP contribution in [0.15, 0.2) is 131 Å². The van der Waals surface area contributed by atoms with Crippen molar-refractivity contribution < 1.29 is 0 Å². The van der Waals surface area contributed by atoms with E-state index in [9.17, 15) is 9.59 Å². The third kappa shape index (κ3) is 5.60. The lowest BCUT2D eigenvalue weighted by molar-refractivity contribution is 0.557. The Labute approximate surface area is 317 Å². The largest absolute Gasteiger partial charge is 0.304 e. The molecule has 6 aromatic heterocycles. The quantitative estimate of drug-likeness (QED) is 0.168. The molecule has 0 aliphatic carbocycles. The zero-order chi connectivity index (χ0) is 38.2. The average Bonchev–Trinajstić information content (AvgIpc) is 3.17. The van der Waals surface area contributed by atoms with E-state index in [0.29, 0.717) is 11.3 Å². The van der Waals surface area contributed by atoms with Crippen molar-refractivity contribution in [1.82, 2.24) is 28.7 Å². The van der Waals surface area contributed by atoms with Gasteiger partial charge in [0.15, 0.2) is 0 Å². The number of nitrogens with zero attached hydrogens (tertiary/aromatic N) is 6. The van der Waals surface area contributed by atoms with E-state index in [2.05, 4.69) is 94.0 Å². The Morgan fingerprint density at radius 3 is 1.76 bits per heavy atom. The van der Waals surface area contributed by atoms with Crippen LogP contribution >= 0.6 is 0 Å². The van der Waals surface area contributed by atoms with Crippen LogP contribution in [-0.4, -0.2) is 28.7 Å². The van der Waals surface area contributed by atoms with E-state index in [4.69, 9.17) is 9.97 Å². The van der Waals surface area contributed by atoms with Crippen molar-refractivity contribution >= 4 is 32.8 Å². The smallest absolute Gasteiger partial charge is 0.273 e. The summed E-state index contributed by atoms with van der Waals surface area (Å²) in [5.41, 5.74) is 12.0. The highest BCUT2D eigenvalue weighted by atomic mass is 16.1. The molecule has 0 saturated heterocycles. The summed E-state index contributed by atoms with van der Waals surface area (Å²) in [4.78, 5) is 44.8. The molecule has 8 heteroatoms. The third-order valence-corrected chi connectivity index (χ3v) is 10.6. The standard InChI is InChI=1S/C47H38N6O2/c1-27-23-28(2)42(37-25-39(54)50-45-35-15-19-48-43(30-11-8-7-9-12-30)33(35)17-21-52(37)45)29(3)41(27)31-13-10-14-32(24-31)44-34-18-22-53-38(47(4,5)6)26-40(55)51-46(53)36(34)16-20-49-44/h7-26H,1-6H3. The van der Waals surface area contributed by atoms with Gasteiger partial charge in [-0.2, -0.15) is 9.97 Å². The Balaban J connectivity index is 1.21. The average molecular weight is 719 g/mol. The molecular formula is C47H38N6O2. The fourth-order valence-electron chi connectivity index (χ4n) is 8.31. The van der Waals surface area contributed by atoms with Gasteiger partial charge < -0.3 is 8.80 Å². The normalized spacial score (nSPS) is 12.0. The lowest BCUT2D eigenvalue weighted by Crippen LogP contribution is -2.22. The van der Waals surface area contributed by atoms with Crippen molar-refractivity contribution in [3.8, 4) is 44.9 Å². The van der Waals surface area contributed by atoms with Crippen LogP contribution in [0.4, 0.5) is 0 Å². The van der Waals surface area contributed by atoms with Gasteiger partial charge in [0.25, 0.3) is 11.1 Å². The molecule has 0 radical (unpaired) electrons. The lowest BCUT2D eigenvalue weighted by atomic mass is 9.87. The van der Waals surface area contributed by atoms with Gasteiger partial charge in [0.05, 0.1) is 17.1 Å². The predicted molar refractivity (Wildman–Crippen MR) is 222 cm³/mol.